The average molecular weight is 278 g/mol. The molecule has 0 radical (unpaired) electrons. The third kappa shape index (κ3) is 75.7. The van der Waals surface area contributed by atoms with E-state index in [2.05, 4.69) is 0 Å². The Labute approximate surface area is 105 Å². The third-order valence-electron chi connectivity index (χ3n) is 0.907. The largest absolute Gasteiger partial charge is 0.481 e. The van der Waals surface area contributed by atoms with Crippen LogP contribution in [0.2, 0.25) is 0 Å². The van der Waals surface area contributed by atoms with Gasteiger partial charge in [0.15, 0.2) is 0 Å². The van der Waals surface area contributed by atoms with Gasteiger partial charge in [-0.05, 0) is 0 Å². The Morgan fingerprint density at radius 2 is 0.750 bits per heavy atom. The van der Waals surface area contributed by atoms with Gasteiger partial charge < -0.3 is 15.3 Å². The molecule has 0 atom stereocenters. The number of hydrogen-bond donors (Lipinski definition) is 3. The molecular formula is C9H18FeO6. The summed E-state index contributed by atoms with van der Waals surface area (Å²) in [6, 6.07) is 0. The van der Waals surface area contributed by atoms with Crippen LogP contribution >= 0.6 is 0 Å². The van der Waals surface area contributed by atoms with Gasteiger partial charge >= 0.3 is 17.9 Å². The molecule has 0 aromatic rings. The Kier molecular flexibility index (Phi) is 29.5. The second-order valence-electron chi connectivity index (χ2n) is 2.24. The Morgan fingerprint density at radius 3 is 0.750 bits per heavy atom. The molecule has 0 fully saturated rings. The normalized spacial score (nSPS) is 6.94. The van der Waals surface area contributed by atoms with Crippen molar-refractivity contribution in [1.82, 2.24) is 0 Å². The first-order valence-corrected chi connectivity index (χ1v) is 4.47. The van der Waals surface area contributed by atoms with Gasteiger partial charge in [0, 0.05) is 36.3 Å². The first kappa shape index (κ1) is 24.3. The average Bonchev–Trinajstić information content (AvgIpc) is 2.19. The molecule has 0 rings (SSSR count). The number of hydrogen-bond acceptors (Lipinski definition) is 3. The molecule has 16 heavy (non-hydrogen) atoms. The molecule has 0 aromatic carbocycles. The Hall–Kier alpha value is -1.07. The van der Waals surface area contributed by atoms with E-state index in [1.54, 1.807) is 20.8 Å². The van der Waals surface area contributed by atoms with Crippen LogP contribution in [0.1, 0.15) is 40.0 Å². The summed E-state index contributed by atoms with van der Waals surface area (Å²) < 4.78 is 0. The molecule has 0 aromatic heterocycles. The maximum atomic E-state index is 9.37. The molecule has 6 nitrogen and oxygen atoms in total. The monoisotopic (exact) mass is 278 g/mol. The summed E-state index contributed by atoms with van der Waals surface area (Å²) in [7, 11) is 0. The van der Waals surface area contributed by atoms with Crippen molar-refractivity contribution < 1.29 is 46.8 Å². The molecule has 0 aliphatic rings. The van der Waals surface area contributed by atoms with Crippen LogP contribution in [0.15, 0.2) is 0 Å². The fourth-order valence-electron chi connectivity index (χ4n) is 0. The minimum atomic E-state index is -0.745. The smallest absolute Gasteiger partial charge is 0.303 e. The van der Waals surface area contributed by atoms with Crippen molar-refractivity contribution in [2.75, 3.05) is 0 Å². The zero-order valence-electron chi connectivity index (χ0n) is 9.54. The van der Waals surface area contributed by atoms with E-state index in [0.717, 1.165) is 0 Å². The molecule has 98 valence electrons. The molecule has 0 unspecified atom stereocenters. The van der Waals surface area contributed by atoms with E-state index < -0.39 is 17.9 Å². The van der Waals surface area contributed by atoms with Gasteiger partial charge in [0.1, 0.15) is 0 Å². The number of carboxylic acids is 3. The van der Waals surface area contributed by atoms with Crippen LogP contribution < -0.4 is 0 Å². The van der Waals surface area contributed by atoms with E-state index in [-0.39, 0.29) is 36.3 Å². The van der Waals surface area contributed by atoms with Gasteiger partial charge in [-0.2, -0.15) is 0 Å². The molecule has 0 saturated heterocycles. The molecule has 3 N–H and O–H groups in total. The van der Waals surface area contributed by atoms with Crippen LogP contribution in [0.25, 0.3) is 0 Å². The number of carbonyl (C=O) groups is 3. The standard InChI is InChI=1S/3C3H6O2.Fe/c3*1-2-3(4)5;/h3*2H2,1H3,(H,4,5);. The first-order valence-electron chi connectivity index (χ1n) is 4.47. The van der Waals surface area contributed by atoms with E-state index in [1.807, 2.05) is 0 Å². The van der Waals surface area contributed by atoms with Gasteiger partial charge in [-0.1, -0.05) is 20.8 Å². The summed E-state index contributed by atoms with van der Waals surface area (Å²) >= 11 is 0. The van der Waals surface area contributed by atoms with E-state index in [9.17, 15) is 14.4 Å². The summed E-state index contributed by atoms with van der Waals surface area (Å²) in [6.07, 6.45) is 0.667. The molecule has 0 spiro atoms. The maximum absolute atomic E-state index is 9.37. The van der Waals surface area contributed by atoms with Crippen LogP contribution in [-0.4, -0.2) is 33.2 Å². The number of carboxylic acid groups (broad SMARTS) is 3. The predicted molar refractivity (Wildman–Crippen MR) is 53.8 cm³/mol. The van der Waals surface area contributed by atoms with Crippen LogP contribution in [0.4, 0.5) is 0 Å². The Balaban J connectivity index is -0.0000000655. The molecule has 7 heteroatoms. The van der Waals surface area contributed by atoms with E-state index >= 15 is 0 Å². The summed E-state index contributed by atoms with van der Waals surface area (Å²) in [5, 5.41) is 23.2. The van der Waals surface area contributed by atoms with Crippen LogP contribution in [-0.2, 0) is 31.5 Å². The molecule has 0 aliphatic carbocycles. The number of aliphatic carboxylic acids is 3. The van der Waals surface area contributed by atoms with Crippen LogP contribution in [0.5, 0.6) is 0 Å². The molecule has 0 amide bonds. The summed E-state index contributed by atoms with van der Waals surface area (Å²) in [6.45, 7) is 4.80. The SMILES string of the molecule is CCC(=O)O.CCC(=O)O.CCC(=O)O.[Fe]. The zero-order valence-corrected chi connectivity index (χ0v) is 10.6. The van der Waals surface area contributed by atoms with E-state index in [1.165, 1.54) is 0 Å². The minimum Gasteiger partial charge on any atom is -0.481 e. The quantitative estimate of drug-likeness (QED) is 0.673. The fraction of sp³-hybridized carbons (Fsp3) is 0.667. The van der Waals surface area contributed by atoms with Crippen molar-refractivity contribution in [1.29, 1.82) is 0 Å². The van der Waals surface area contributed by atoms with Crippen LogP contribution in [0.3, 0.4) is 0 Å². The zero-order chi connectivity index (χ0) is 12.9. The third-order valence-corrected chi connectivity index (χ3v) is 0.907. The van der Waals surface area contributed by atoms with Crippen molar-refractivity contribution in [2.45, 2.75) is 40.0 Å². The van der Waals surface area contributed by atoms with Crippen molar-refractivity contribution in [3.05, 3.63) is 0 Å². The fourth-order valence-corrected chi connectivity index (χ4v) is 0. The van der Waals surface area contributed by atoms with Gasteiger partial charge in [0.25, 0.3) is 0 Å². The maximum Gasteiger partial charge on any atom is 0.303 e. The first-order chi connectivity index (χ1) is 6.81. The molecular weight excluding hydrogens is 260 g/mol. The number of rotatable bonds is 3. The summed E-state index contributed by atoms with van der Waals surface area (Å²) in [5.74, 6) is -2.24. The van der Waals surface area contributed by atoms with Crippen LogP contribution in [0, 0.1) is 0 Å². The second-order valence-corrected chi connectivity index (χ2v) is 2.24. The predicted octanol–water partition coefficient (Wildman–Crippen LogP) is 1.44. The summed E-state index contributed by atoms with van der Waals surface area (Å²) in [4.78, 5) is 28.1. The van der Waals surface area contributed by atoms with E-state index in [4.69, 9.17) is 15.3 Å². The van der Waals surface area contributed by atoms with Gasteiger partial charge in [0.05, 0.1) is 0 Å². The summed E-state index contributed by atoms with van der Waals surface area (Å²) in [5.41, 5.74) is 0. The van der Waals surface area contributed by atoms with Crippen molar-refractivity contribution >= 4 is 17.9 Å². The minimum absolute atomic E-state index is 0. The molecule has 0 saturated carbocycles. The van der Waals surface area contributed by atoms with Gasteiger partial charge in [-0.15, -0.1) is 0 Å². The van der Waals surface area contributed by atoms with E-state index in [0.29, 0.717) is 0 Å². The Morgan fingerprint density at radius 1 is 0.688 bits per heavy atom. The second kappa shape index (κ2) is 19.5. The van der Waals surface area contributed by atoms with Crippen molar-refractivity contribution in [3.63, 3.8) is 0 Å². The van der Waals surface area contributed by atoms with Gasteiger partial charge in [-0.3, -0.25) is 14.4 Å². The molecule has 0 heterocycles. The molecule has 0 aliphatic heterocycles. The van der Waals surface area contributed by atoms with Crippen molar-refractivity contribution in [3.8, 4) is 0 Å². The molecule has 0 bridgehead atoms. The Bertz CT molecular complexity index is 159. The van der Waals surface area contributed by atoms with Gasteiger partial charge in [0.2, 0.25) is 0 Å². The topological polar surface area (TPSA) is 112 Å². The van der Waals surface area contributed by atoms with Gasteiger partial charge in [-0.25, -0.2) is 0 Å². The van der Waals surface area contributed by atoms with Crippen molar-refractivity contribution in [2.24, 2.45) is 0 Å².